The van der Waals surface area contributed by atoms with Gasteiger partial charge in [0.25, 0.3) is 5.91 Å². The molecule has 20 heavy (non-hydrogen) atoms. The lowest BCUT2D eigenvalue weighted by molar-refractivity contribution is -0.148. The second-order valence-corrected chi connectivity index (χ2v) is 5.77. The van der Waals surface area contributed by atoms with E-state index in [0.29, 0.717) is 18.8 Å². The molecule has 1 heterocycles. The Morgan fingerprint density at radius 3 is 2.55 bits per heavy atom. The molecular formula is C14H16BrNO4. The van der Waals surface area contributed by atoms with Crippen LogP contribution in [0.25, 0.3) is 0 Å². The Morgan fingerprint density at radius 2 is 2.00 bits per heavy atom. The molecule has 0 atom stereocenters. The Labute approximate surface area is 125 Å². The highest BCUT2D eigenvalue weighted by atomic mass is 79.9. The van der Waals surface area contributed by atoms with Crippen molar-refractivity contribution in [3.8, 4) is 0 Å². The lowest BCUT2D eigenvalue weighted by Gasteiger charge is -2.33. The summed E-state index contributed by atoms with van der Waals surface area (Å²) in [6, 6.07) is 5.19. The first-order valence-electron chi connectivity index (χ1n) is 6.34. The summed E-state index contributed by atoms with van der Waals surface area (Å²) in [5.41, 5.74) is 0.224. The fourth-order valence-corrected chi connectivity index (χ4v) is 2.51. The summed E-state index contributed by atoms with van der Waals surface area (Å²) in [5.74, 6) is -1.39. The molecule has 0 bridgehead atoms. The topological polar surface area (TPSA) is 75.6 Å². The van der Waals surface area contributed by atoms with E-state index >= 15 is 0 Å². The zero-order valence-electron chi connectivity index (χ0n) is 11.1. The van der Waals surface area contributed by atoms with Crippen LogP contribution in [-0.4, -0.2) is 35.7 Å². The molecule has 0 radical (unpaired) electrons. The van der Waals surface area contributed by atoms with Crippen molar-refractivity contribution in [2.24, 2.45) is 0 Å². The summed E-state index contributed by atoms with van der Waals surface area (Å²) in [6.07, 6.45) is 0.558. The number of aliphatic carboxylic acids is 1. The monoisotopic (exact) mass is 341 g/mol. The minimum Gasteiger partial charge on any atom is -0.480 e. The third-order valence-electron chi connectivity index (χ3n) is 3.54. The second-order valence-electron chi connectivity index (χ2n) is 4.92. The first-order valence-corrected chi connectivity index (χ1v) is 7.14. The van der Waals surface area contributed by atoms with E-state index in [0.717, 1.165) is 10.0 Å². The number of carbonyl (C=O) groups excluding carboxylic acids is 1. The molecule has 108 valence electrons. The van der Waals surface area contributed by atoms with Crippen LogP contribution in [0, 0.1) is 6.92 Å². The standard InChI is InChI=1S/C14H16BrNO4/c1-9-2-3-10(8-11(9)15)12(17)16-14(13(18)19)4-6-20-7-5-14/h2-3,8H,4-7H2,1H3,(H,16,17)(H,18,19). The number of carbonyl (C=O) groups is 2. The summed E-state index contributed by atoms with van der Waals surface area (Å²) in [4.78, 5) is 23.7. The molecular weight excluding hydrogens is 326 g/mol. The number of aryl methyl sites for hydroxylation is 1. The highest BCUT2D eigenvalue weighted by Gasteiger charge is 2.41. The SMILES string of the molecule is Cc1ccc(C(=O)NC2(C(=O)O)CCOCC2)cc1Br. The van der Waals surface area contributed by atoms with Crippen molar-refractivity contribution in [3.05, 3.63) is 33.8 Å². The molecule has 0 aromatic heterocycles. The molecule has 1 aliphatic rings. The Balaban J connectivity index is 2.20. The molecule has 1 aromatic rings. The lowest BCUT2D eigenvalue weighted by Crippen LogP contribution is -2.57. The lowest BCUT2D eigenvalue weighted by atomic mass is 9.89. The van der Waals surface area contributed by atoms with Crippen molar-refractivity contribution in [1.82, 2.24) is 5.32 Å². The largest absolute Gasteiger partial charge is 0.480 e. The number of hydrogen-bond donors (Lipinski definition) is 2. The average Bonchev–Trinajstić information content (AvgIpc) is 2.42. The maximum absolute atomic E-state index is 12.2. The zero-order chi connectivity index (χ0) is 14.8. The van der Waals surface area contributed by atoms with Gasteiger partial charge in [0.15, 0.2) is 0 Å². The molecule has 1 saturated heterocycles. The normalized spacial score (nSPS) is 17.5. The van der Waals surface area contributed by atoms with Gasteiger partial charge in [-0.1, -0.05) is 22.0 Å². The number of hydrogen-bond acceptors (Lipinski definition) is 3. The number of halogens is 1. The van der Waals surface area contributed by atoms with Crippen LogP contribution in [-0.2, 0) is 9.53 Å². The summed E-state index contributed by atoms with van der Waals surface area (Å²) in [5, 5.41) is 12.1. The van der Waals surface area contributed by atoms with E-state index in [1.807, 2.05) is 13.0 Å². The first-order chi connectivity index (χ1) is 9.44. The molecule has 2 rings (SSSR count). The van der Waals surface area contributed by atoms with Crippen molar-refractivity contribution in [3.63, 3.8) is 0 Å². The predicted molar refractivity (Wildman–Crippen MR) is 76.8 cm³/mol. The van der Waals surface area contributed by atoms with E-state index < -0.39 is 11.5 Å². The van der Waals surface area contributed by atoms with Crippen LogP contribution in [0.2, 0.25) is 0 Å². The van der Waals surface area contributed by atoms with Gasteiger partial charge in [0, 0.05) is 36.1 Å². The second kappa shape index (κ2) is 5.93. The molecule has 0 unspecified atom stereocenters. The number of carboxylic acids is 1. The molecule has 0 spiro atoms. The number of benzene rings is 1. The minimum atomic E-state index is -1.23. The first kappa shape index (κ1) is 15.0. The summed E-state index contributed by atoms with van der Waals surface area (Å²) < 4.78 is 6.00. The van der Waals surface area contributed by atoms with Crippen LogP contribution in [0.3, 0.4) is 0 Å². The molecule has 1 amide bonds. The molecule has 0 saturated carbocycles. The Bertz CT molecular complexity index is 538. The quantitative estimate of drug-likeness (QED) is 0.882. The van der Waals surface area contributed by atoms with Gasteiger partial charge in [-0.25, -0.2) is 4.79 Å². The van der Waals surface area contributed by atoms with Gasteiger partial charge < -0.3 is 15.2 Å². The third-order valence-corrected chi connectivity index (χ3v) is 4.40. The summed E-state index contributed by atoms with van der Waals surface area (Å²) in [7, 11) is 0. The smallest absolute Gasteiger partial charge is 0.329 e. The number of amides is 1. The predicted octanol–water partition coefficient (Wildman–Crippen LogP) is 2.12. The summed E-state index contributed by atoms with van der Waals surface area (Å²) in [6.45, 7) is 2.59. The van der Waals surface area contributed by atoms with Crippen molar-refractivity contribution in [1.29, 1.82) is 0 Å². The summed E-state index contributed by atoms with van der Waals surface area (Å²) >= 11 is 3.37. The van der Waals surface area contributed by atoms with Gasteiger partial charge in [0.1, 0.15) is 5.54 Å². The molecule has 5 nitrogen and oxygen atoms in total. The number of carboxylic acid groups (broad SMARTS) is 1. The molecule has 2 N–H and O–H groups in total. The fourth-order valence-electron chi connectivity index (χ4n) is 2.14. The minimum absolute atomic E-state index is 0.279. The Morgan fingerprint density at radius 1 is 1.35 bits per heavy atom. The molecule has 1 fully saturated rings. The van der Waals surface area contributed by atoms with Crippen molar-refractivity contribution in [2.45, 2.75) is 25.3 Å². The van der Waals surface area contributed by atoms with Gasteiger partial charge in [-0.3, -0.25) is 4.79 Å². The van der Waals surface area contributed by atoms with E-state index in [1.165, 1.54) is 0 Å². The molecule has 0 aliphatic carbocycles. The van der Waals surface area contributed by atoms with Crippen molar-refractivity contribution >= 4 is 27.8 Å². The molecule has 1 aliphatic heterocycles. The van der Waals surface area contributed by atoms with E-state index in [4.69, 9.17) is 4.74 Å². The zero-order valence-corrected chi connectivity index (χ0v) is 12.7. The molecule has 6 heteroatoms. The molecule has 1 aromatic carbocycles. The highest BCUT2D eigenvalue weighted by Crippen LogP contribution is 2.23. The van der Waals surface area contributed by atoms with Gasteiger partial charge in [-0.2, -0.15) is 0 Å². The van der Waals surface area contributed by atoms with Crippen LogP contribution >= 0.6 is 15.9 Å². The Kier molecular flexibility index (Phi) is 4.45. The van der Waals surface area contributed by atoms with E-state index in [1.54, 1.807) is 12.1 Å². The van der Waals surface area contributed by atoms with Gasteiger partial charge >= 0.3 is 5.97 Å². The number of rotatable bonds is 3. The maximum Gasteiger partial charge on any atom is 0.329 e. The average molecular weight is 342 g/mol. The van der Waals surface area contributed by atoms with Gasteiger partial charge in [-0.15, -0.1) is 0 Å². The van der Waals surface area contributed by atoms with Crippen LogP contribution in [0.15, 0.2) is 22.7 Å². The number of ether oxygens (including phenoxy) is 1. The van der Waals surface area contributed by atoms with Crippen LogP contribution in [0.5, 0.6) is 0 Å². The Hall–Kier alpha value is -1.40. The van der Waals surface area contributed by atoms with Crippen LogP contribution in [0.1, 0.15) is 28.8 Å². The van der Waals surface area contributed by atoms with Gasteiger partial charge in [-0.05, 0) is 24.6 Å². The van der Waals surface area contributed by atoms with Crippen LogP contribution < -0.4 is 5.32 Å². The number of nitrogens with one attached hydrogen (secondary N) is 1. The highest BCUT2D eigenvalue weighted by molar-refractivity contribution is 9.10. The van der Waals surface area contributed by atoms with E-state index in [9.17, 15) is 14.7 Å². The van der Waals surface area contributed by atoms with Crippen LogP contribution in [0.4, 0.5) is 0 Å². The van der Waals surface area contributed by atoms with Gasteiger partial charge in [0.05, 0.1) is 0 Å². The van der Waals surface area contributed by atoms with Gasteiger partial charge in [0.2, 0.25) is 0 Å². The van der Waals surface area contributed by atoms with Crippen molar-refractivity contribution < 1.29 is 19.4 Å². The van der Waals surface area contributed by atoms with Crippen molar-refractivity contribution in [2.75, 3.05) is 13.2 Å². The fraction of sp³-hybridized carbons (Fsp3) is 0.429. The maximum atomic E-state index is 12.2. The van der Waals surface area contributed by atoms with E-state index in [2.05, 4.69) is 21.2 Å². The third kappa shape index (κ3) is 3.02. The van der Waals surface area contributed by atoms with E-state index in [-0.39, 0.29) is 18.7 Å².